The van der Waals surface area contributed by atoms with E-state index in [1.54, 1.807) is 6.07 Å². The molecule has 0 aliphatic carbocycles. The molecule has 4 N–H and O–H groups in total. The van der Waals surface area contributed by atoms with Crippen molar-refractivity contribution in [1.29, 1.82) is 0 Å². The van der Waals surface area contributed by atoms with Gasteiger partial charge in [0, 0.05) is 30.1 Å². The molecule has 0 saturated carbocycles. The standard InChI is InChI=1S/C18H16F3N3O3/c19-18(20,21)27-12-3-1-10(2-4-12)13-7-11(8-22)15(14(26)9-25)17-16(13)23-5-6-24-17/h1-7,14,25-26H,8-9,22H2/t14-/m0/s1. The Balaban J connectivity index is 2.15. The summed E-state index contributed by atoms with van der Waals surface area (Å²) in [5.74, 6) is -0.340. The summed E-state index contributed by atoms with van der Waals surface area (Å²) in [4.78, 5) is 8.53. The van der Waals surface area contributed by atoms with Crippen LogP contribution in [0.2, 0.25) is 0 Å². The average molecular weight is 379 g/mol. The molecule has 142 valence electrons. The van der Waals surface area contributed by atoms with Crippen molar-refractivity contribution >= 4 is 11.0 Å². The molecule has 0 saturated heterocycles. The molecule has 0 aliphatic heterocycles. The number of fused-ring (bicyclic) bond motifs is 1. The van der Waals surface area contributed by atoms with Gasteiger partial charge < -0.3 is 20.7 Å². The van der Waals surface area contributed by atoms with Crippen LogP contribution in [-0.4, -0.2) is 33.2 Å². The predicted molar refractivity (Wildman–Crippen MR) is 91.6 cm³/mol. The van der Waals surface area contributed by atoms with Crippen molar-refractivity contribution < 1.29 is 28.1 Å². The van der Waals surface area contributed by atoms with Gasteiger partial charge in [-0.05, 0) is 29.3 Å². The second kappa shape index (κ2) is 7.47. The number of nitrogens with two attached hydrogens (primary N) is 1. The van der Waals surface area contributed by atoms with Crippen LogP contribution in [0.1, 0.15) is 17.2 Å². The molecule has 0 spiro atoms. The molecule has 3 aromatic rings. The maximum absolute atomic E-state index is 12.3. The minimum absolute atomic E-state index is 0.0706. The minimum Gasteiger partial charge on any atom is -0.406 e. The lowest BCUT2D eigenvalue weighted by Crippen LogP contribution is -2.16. The first kappa shape index (κ1) is 19.0. The van der Waals surface area contributed by atoms with Crippen molar-refractivity contribution in [1.82, 2.24) is 9.97 Å². The number of aliphatic hydroxyl groups is 2. The fourth-order valence-electron chi connectivity index (χ4n) is 2.89. The van der Waals surface area contributed by atoms with E-state index in [-0.39, 0.29) is 12.3 Å². The molecule has 6 nitrogen and oxygen atoms in total. The van der Waals surface area contributed by atoms with E-state index < -0.39 is 19.1 Å². The van der Waals surface area contributed by atoms with Gasteiger partial charge in [0.15, 0.2) is 0 Å². The summed E-state index contributed by atoms with van der Waals surface area (Å²) in [6.07, 6.45) is -3.04. The normalized spacial score (nSPS) is 13.0. The van der Waals surface area contributed by atoms with E-state index in [4.69, 9.17) is 5.73 Å². The SMILES string of the molecule is NCc1cc(-c2ccc(OC(F)(F)F)cc2)c2nccnc2c1[C@@H](O)CO. The highest BCUT2D eigenvalue weighted by Crippen LogP contribution is 2.35. The molecular weight excluding hydrogens is 363 g/mol. The van der Waals surface area contributed by atoms with Gasteiger partial charge in [-0.1, -0.05) is 12.1 Å². The zero-order valence-electron chi connectivity index (χ0n) is 13.9. The van der Waals surface area contributed by atoms with Crippen LogP contribution < -0.4 is 10.5 Å². The van der Waals surface area contributed by atoms with E-state index in [2.05, 4.69) is 14.7 Å². The van der Waals surface area contributed by atoms with Crippen LogP contribution in [0, 0.1) is 0 Å². The third-order valence-electron chi connectivity index (χ3n) is 4.00. The maximum atomic E-state index is 12.3. The summed E-state index contributed by atoms with van der Waals surface area (Å²) in [6.45, 7) is -0.442. The highest BCUT2D eigenvalue weighted by atomic mass is 19.4. The summed E-state index contributed by atoms with van der Waals surface area (Å²) < 4.78 is 40.9. The van der Waals surface area contributed by atoms with Crippen molar-refractivity contribution in [2.75, 3.05) is 6.61 Å². The Kier molecular flexibility index (Phi) is 5.26. The molecule has 2 aromatic carbocycles. The van der Waals surface area contributed by atoms with E-state index >= 15 is 0 Å². The third-order valence-corrected chi connectivity index (χ3v) is 4.00. The van der Waals surface area contributed by atoms with E-state index in [0.29, 0.717) is 33.3 Å². The zero-order valence-corrected chi connectivity index (χ0v) is 13.9. The van der Waals surface area contributed by atoms with Crippen molar-refractivity contribution in [2.24, 2.45) is 5.73 Å². The first-order chi connectivity index (χ1) is 12.8. The third kappa shape index (κ3) is 4.00. The number of hydrogen-bond donors (Lipinski definition) is 3. The number of hydrogen-bond acceptors (Lipinski definition) is 6. The number of nitrogens with zero attached hydrogens (tertiary/aromatic N) is 2. The molecular formula is C18H16F3N3O3. The largest absolute Gasteiger partial charge is 0.573 e. The van der Waals surface area contributed by atoms with Gasteiger partial charge in [0.05, 0.1) is 17.6 Å². The van der Waals surface area contributed by atoms with Gasteiger partial charge in [0.1, 0.15) is 11.9 Å². The fraction of sp³-hybridized carbons (Fsp3) is 0.222. The first-order valence-electron chi connectivity index (χ1n) is 7.95. The summed E-state index contributed by atoms with van der Waals surface area (Å²) in [7, 11) is 0. The van der Waals surface area contributed by atoms with Gasteiger partial charge in [-0.25, -0.2) is 0 Å². The van der Waals surface area contributed by atoms with Crippen molar-refractivity contribution in [2.45, 2.75) is 19.0 Å². The van der Waals surface area contributed by atoms with Crippen LogP contribution in [0.4, 0.5) is 13.2 Å². The number of alkyl halides is 3. The molecule has 0 fully saturated rings. The second-order valence-electron chi connectivity index (χ2n) is 5.73. The summed E-state index contributed by atoms with van der Waals surface area (Å²) in [5.41, 5.74) is 8.69. The topological polar surface area (TPSA) is 101 Å². The highest BCUT2D eigenvalue weighted by molar-refractivity contribution is 5.94. The number of rotatable bonds is 5. The Bertz CT molecular complexity index is 946. The van der Waals surface area contributed by atoms with E-state index in [9.17, 15) is 23.4 Å². The van der Waals surface area contributed by atoms with E-state index in [1.807, 2.05) is 0 Å². The molecule has 0 bridgehead atoms. The number of benzene rings is 2. The Hall–Kier alpha value is -2.75. The maximum Gasteiger partial charge on any atom is 0.573 e. The number of halogens is 3. The summed E-state index contributed by atoms with van der Waals surface area (Å²) in [5, 5.41) is 19.5. The lowest BCUT2D eigenvalue weighted by Gasteiger charge is -2.18. The number of ether oxygens (including phenoxy) is 1. The van der Waals surface area contributed by atoms with Gasteiger partial charge in [-0.3, -0.25) is 9.97 Å². The van der Waals surface area contributed by atoms with Crippen LogP contribution in [0.25, 0.3) is 22.2 Å². The van der Waals surface area contributed by atoms with Crippen LogP contribution in [0.15, 0.2) is 42.7 Å². The quantitative estimate of drug-likeness (QED) is 0.630. The Morgan fingerprint density at radius 3 is 2.26 bits per heavy atom. The van der Waals surface area contributed by atoms with Crippen molar-refractivity contribution in [3.05, 3.63) is 53.9 Å². The zero-order chi connectivity index (χ0) is 19.6. The molecule has 0 unspecified atom stereocenters. The van der Waals surface area contributed by atoms with Gasteiger partial charge in [-0.2, -0.15) is 0 Å². The Labute approximate surface area is 152 Å². The first-order valence-corrected chi connectivity index (χ1v) is 7.95. The van der Waals surface area contributed by atoms with Gasteiger partial charge in [-0.15, -0.1) is 13.2 Å². The smallest absolute Gasteiger partial charge is 0.406 e. The lowest BCUT2D eigenvalue weighted by atomic mass is 9.93. The molecule has 3 rings (SSSR count). The lowest BCUT2D eigenvalue weighted by molar-refractivity contribution is -0.274. The van der Waals surface area contributed by atoms with Crippen LogP contribution in [0.3, 0.4) is 0 Å². The molecule has 1 heterocycles. The molecule has 9 heteroatoms. The van der Waals surface area contributed by atoms with Crippen molar-refractivity contribution in [3.8, 4) is 16.9 Å². The molecule has 1 aromatic heterocycles. The molecule has 0 aliphatic rings. The second-order valence-corrected chi connectivity index (χ2v) is 5.73. The summed E-state index contributed by atoms with van der Waals surface area (Å²) >= 11 is 0. The minimum atomic E-state index is -4.77. The average Bonchev–Trinajstić information content (AvgIpc) is 2.65. The molecule has 1 atom stereocenters. The number of aliphatic hydroxyl groups excluding tert-OH is 2. The van der Waals surface area contributed by atoms with Crippen LogP contribution in [-0.2, 0) is 6.54 Å². The highest BCUT2D eigenvalue weighted by Gasteiger charge is 2.31. The molecule has 27 heavy (non-hydrogen) atoms. The van der Waals surface area contributed by atoms with Gasteiger partial charge in [0.2, 0.25) is 0 Å². The van der Waals surface area contributed by atoms with E-state index in [1.165, 1.54) is 36.7 Å². The van der Waals surface area contributed by atoms with Gasteiger partial charge >= 0.3 is 6.36 Å². The van der Waals surface area contributed by atoms with Crippen molar-refractivity contribution in [3.63, 3.8) is 0 Å². The molecule has 0 amide bonds. The predicted octanol–water partition coefficient (Wildman–Crippen LogP) is 2.68. The monoisotopic (exact) mass is 379 g/mol. The molecule has 0 radical (unpaired) electrons. The Morgan fingerprint density at radius 1 is 1.07 bits per heavy atom. The van der Waals surface area contributed by atoms with E-state index in [0.717, 1.165) is 0 Å². The number of aromatic nitrogens is 2. The van der Waals surface area contributed by atoms with Crippen LogP contribution in [0.5, 0.6) is 5.75 Å². The Morgan fingerprint density at radius 2 is 1.70 bits per heavy atom. The summed E-state index contributed by atoms with van der Waals surface area (Å²) in [6, 6.07) is 7.01. The van der Waals surface area contributed by atoms with Crippen LogP contribution >= 0.6 is 0 Å². The van der Waals surface area contributed by atoms with Gasteiger partial charge in [0.25, 0.3) is 0 Å². The fourth-order valence-corrected chi connectivity index (χ4v) is 2.89.